The first-order valence-electron chi connectivity index (χ1n) is 7.56. The Morgan fingerprint density at radius 2 is 1.90 bits per heavy atom. The van der Waals surface area contributed by atoms with Crippen molar-refractivity contribution in [3.63, 3.8) is 0 Å². The fourth-order valence-corrected chi connectivity index (χ4v) is 2.37. The van der Waals surface area contributed by atoms with E-state index in [0.29, 0.717) is 18.8 Å². The number of nitrogens with one attached hydrogen (secondary N) is 1. The van der Waals surface area contributed by atoms with Crippen molar-refractivity contribution < 1.29 is 14.7 Å². The summed E-state index contributed by atoms with van der Waals surface area (Å²) in [5, 5.41) is 12.0. The fourth-order valence-electron chi connectivity index (χ4n) is 2.37. The van der Waals surface area contributed by atoms with Gasteiger partial charge in [-0.25, -0.2) is 0 Å². The van der Waals surface area contributed by atoms with Crippen molar-refractivity contribution in [3.05, 3.63) is 35.9 Å². The number of carbonyl (C=O) groups is 2. The molecule has 2 unspecified atom stereocenters. The van der Waals surface area contributed by atoms with E-state index >= 15 is 0 Å². The van der Waals surface area contributed by atoms with E-state index in [0.717, 1.165) is 18.4 Å². The highest BCUT2D eigenvalue weighted by molar-refractivity contribution is 5.77. The average molecular weight is 291 g/mol. The number of carboxylic acids is 1. The minimum absolute atomic E-state index is 0.0599. The second-order valence-electron chi connectivity index (χ2n) is 5.63. The standard InChI is InChI=1S/C17H25NO3/c1-3-7-13(2)10-16(19)18-12-15(17(20)21)11-14-8-5-4-6-9-14/h4-6,8-9,13,15H,3,7,10-12H2,1-2H3,(H,18,19)(H,20,21). The highest BCUT2D eigenvalue weighted by Crippen LogP contribution is 2.11. The topological polar surface area (TPSA) is 66.4 Å². The van der Waals surface area contributed by atoms with E-state index in [-0.39, 0.29) is 12.5 Å². The average Bonchev–Trinajstić information content (AvgIpc) is 2.44. The van der Waals surface area contributed by atoms with E-state index in [1.54, 1.807) is 0 Å². The van der Waals surface area contributed by atoms with Crippen LogP contribution in [0.15, 0.2) is 30.3 Å². The number of benzene rings is 1. The van der Waals surface area contributed by atoms with Gasteiger partial charge in [0.15, 0.2) is 0 Å². The summed E-state index contributed by atoms with van der Waals surface area (Å²) < 4.78 is 0. The summed E-state index contributed by atoms with van der Waals surface area (Å²) >= 11 is 0. The molecule has 0 bridgehead atoms. The normalized spacial score (nSPS) is 13.4. The number of aliphatic carboxylic acids is 1. The first-order valence-corrected chi connectivity index (χ1v) is 7.56. The van der Waals surface area contributed by atoms with Gasteiger partial charge in [0, 0.05) is 13.0 Å². The minimum atomic E-state index is -0.874. The Morgan fingerprint density at radius 3 is 2.48 bits per heavy atom. The molecule has 0 saturated heterocycles. The second kappa shape index (κ2) is 9.16. The van der Waals surface area contributed by atoms with Gasteiger partial charge in [0.1, 0.15) is 0 Å². The zero-order chi connectivity index (χ0) is 15.7. The van der Waals surface area contributed by atoms with Crippen LogP contribution in [0.2, 0.25) is 0 Å². The van der Waals surface area contributed by atoms with Crippen LogP contribution in [0, 0.1) is 11.8 Å². The van der Waals surface area contributed by atoms with E-state index in [4.69, 9.17) is 0 Å². The van der Waals surface area contributed by atoms with Gasteiger partial charge in [-0.1, -0.05) is 57.0 Å². The summed E-state index contributed by atoms with van der Waals surface area (Å²) in [6, 6.07) is 9.48. The van der Waals surface area contributed by atoms with Crippen LogP contribution in [0.3, 0.4) is 0 Å². The smallest absolute Gasteiger partial charge is 0.308 e. The molecule has 0 aliphatic heterocycles. The Morgan fingerprint density at radius 1 is 1.24 bits per heavy atom. The maximum absolute atomic E-state index is 11.8. The molecule has 1 aromatic carbocycles. The SMILES string of the molecule is CCCC(C)CC(=O)NCC(Cc1ccccc1)C(=O)O. The third-order valence-electron chi connectivity index (χ3n) is 3.54. The van der Waals surface area contributed by atoms with Crippen molar-refractivity contribution in [2.45, 2.75) is 39.5 Å². The van der Waals surface area contributed by atoms with Crippen LogP contribution in [0.25, 0.3) is 0 Å². The van der Waals surface area contributed by atoms with Gasteiger partial charge in [-0.2, -0.15) is 0 Å². The molecule has 4 nitrogen and oxygen atoms in total. The first kappa shape index (κ1) is 17.2. The number of carbonyl (C=O) groups excluding carboxylic acids is 1. The lowest BCUT2D eigenvalue weighted by atomic mass is 9.98. The van der Waals surface area contributed by atoms with Gasteiger partial charge < -0.3 is 10.4 Å². The van der Waals surface area contributed by atoms with E-state index in [2.05, 4.69) is 12.2 Å². The van der Waals surface area contributed by atoms with Gasteiger partial charge in [-0.3, -0.25) is 9.59 Å². The molecule has 116 valence electrons. The number of hydrogen-bond donors (Lipinski definition) is 2. The summed E-state index contributed by atoms with van der Waals surface area (Å²) in [7, 11) is 0. The predicted molar refractivity (Wildman–Crippen MR) is 83.0 cm³/mol. The van der Waals surface area contributed by atoms with Crippen molar-refractivity contribution in [1.29, 1.82) is 0 Å². The molecule has 0 saturated carbocycles. The maximum Gasteiger partial charge on any atom is 0.308 e. The fraction of sp³-hybridized carbons (Fsp3) is 0.529. The Bertz CT molecular complexity index is 445. The molecule has 2 atom stereocenters. The number of rotatable bonds is 9. The molecule has 1 rings (SSSR count). The quantitative estimate of drug-likeness (QED) is 0.735. The van der Waals surface area contributed by atoms with Gasteiger partial charge in [0.2, 0.25) is 5.91 Å². The highest BCUT2D eigenvalue weighted by Gasteiger charge is 2.19. The summed E-state index contributed by atoms with van der Waals surface area (Å²) in [6.45, 7) is 4.32. The first-order chi connectivity index (χ1) is 10.0. The largest absolute Gasteiger partial charge is 0.481 e. The lowest BCUT2D eigenvalue weighted by molar-refractivity contribution is -0.141. The number of hydrogen-bond acceptors (Lipinski definition) is 2. The summed E-state index contributed by atoms with van der Waals surface area (Å²) in [4.78, 5) is 23.1. The van der Waals surface area contributed by atoms with Crippen LogP contribution in [-0.2, 0) is 16.0 Å². The van der Waals surface area contributed by atoms with Crippen molar-refractivity contribution >= 4 is 11.9 Å². The van der Waals surface area contributed by atoms with E-state index in [1.165, 1.54) is 0 Å². The molecule has 4 heteroatoms. The van der Waals surface area contributed by atoms with Crippen LogP contribution in [-0.4, -0.2) is 23.5 Å². The van der Waals surface area contributed by atoms with Crippen molar-refractivity contribution in [2.75, 3.05) is 6.54 Å². The molecular formula is C17H25NO3. The van der Waals surface area contributed by atoms with E-state index in [1.807, 2.05) is 37.3 Å². The van der Waals surface area contributed by atoms with Crippen molar-refractivity contribution in [3.8, 4) is 0 Å². The minimum Gasteiger partial charge on any atom is -0.481 e. The molecule has 0 aromatic heterocycles. The summed E-state index contributed by atoms with van der Waals surface area (Å²) in [5.41, 5.74) is 0.971. The molecule has 0 aliphatic rings. The number of carboxylic acid groups (broad SMARTS) is 1. The molecule has 0 heterocycles. The summed E-state index contributed by atoms with van der Waals surface area (Å²) in [5.74, 6) is -1.18. The molecule has 0 aliphatic carbocycles. The summed E-state index contributed by atoms with van der Waals surface area (Å²) in [6.07, 6.45) is 2.96. The number of amides is 1. The van der Waals surface area contributed by atoms with Gasteiger partial charge in [-0.15, -0.1) is 0 Å². The lowest BCUT2D eigenvalue weighted by Crippen LogP contribution is -2.34. The highest BCUT2D eigenvalue weighted by atomic mass is 16.4. The van der Waals surface area contributed by atoms with Crippen molar-refractivity contribution in [1.82, 2.24) is 5.32 Å². The van der Waals surface area contributed by atoms with Gasteiger partial charge >= 0.3 is 5.97 Å². The van der Waals surface area contributed by atoms with Crippen LogP contribution in [0.1, 0.15) is 38.7 Å². The monoisotopic (exact) mass is 291 g/mol. The molecular weight excluding hydrogens is 266 g/mol. The Kier molecular flexibility index (Phi) is 7.51. The molecule has 21 heavy (non-hydrogen) atoms. The van der Waals surface area contributed by atoms with Crippen LogP contribution >= 0.6 is 0 Å². The Hall–Kier alpha value is -1.84. The third kappa shape index (κ3) is 6.93. The Labute approximate surface area is 126 Å². The molecule has 0 spiro atoms. The second-order valence-corrected chi connectivity index (χ2v) is 5.63. The molecule has 2 N–H and O–H groups in total. The lowest BCUT2D eigenvalue weighted by Gasteiger charge is -2.15. The van der Waals surface area contributed by atoms with E-state index in [9.17, 15) is 14.7 Å². The van der Waals surface area contributed by atoms with Gasteiger partial charge in [0.05, 0.1) is 5.92 Å². The van der Waals surface area contributed by atoms with Crippen molar-refractivity contribution in [2.24, 2.45) is 11.8 Å². The van der Waals surface area contributed by atoms with E-state index < -0.39 is 11.9 Å². The zero-order valence-electron chi connectivity index (χ0n) is 12.8. The predicted octanol–water partition coefficient (Wildman–Crippen LogP) is 2.87. The molecule has 1 aromatic rings. The van der Waals surface area contributed by atoms with Gasteiger partial charge in [0.25, 0.3) is 0 Å². The third-order valence-corrected chi connectivity index (χ3v) is 3.54. The molecule has 1 amide bonds. The Balaban J connectivity index is 2.45. The van der Waals surface area contributed by atoms with Crippen LogP contribution in [0.5, 0.6) is 0 Å². The maximum atomic E-state index is 11.8. The van der Waals surface area contributed by atoms with Crippen LogP contribution < -0.4 is 5.32 Å². The van der Waals surface area contributed by atoms with Crippen LogP contribution in [0.4, 0.5) is 0 Å². The molecule has 0 radical (unpaired) electrons. The molecule has 0 fully saturated rings. The van der Waals surface area contributed by atoms with Gasteiger partial charge in [-0.05, 0) is 17.9 Å². The zero-order valence-corrected chi connectivity index (χ0v) is 12.8.